The van der Waals surface area contributed by atoms with Crippen LogP contribution >= 0.6 is 23.1 Å². The fourth-order valence-corrected chi connectivity index (χ4v) is 6.71. The van der Waals surface area contributed by atoms with Gasteiger partial charge in [-0.05, 0) is 42.7 Å². The number of allylic oxidation sites excluding steroid dienone is 3. The van der Waals surface area contributed by atoms with Gasteiger partial charge in [-0.15, -0.1) is 10.2 Å². The average molecular weight is 605 g/mol. The number of nitrogens with zero attached hydrogens (tertiary/aromatic N) is 4. The van der Waals surface area contributed by atoms with Gasteiger partial charge in [-0.2, -0.15) is 5.26 Å². The molecule has 0 saturated carbocycles. The zero-order valence-electron chi connectivity index (χ0n) is 23.2. The number of aromatic nitrogens is 2. The standard InChI is InChI=1S/C29H28N6O5S2/c1-38-17-7-4-6-16(12-17)25-19(14-30)27(31)35(21-8-5-9-22(36)26(21)25)28-33-34-29(42-28)41-15-24(37)32-20-11-10-18(39-2)13-23(20)40-3/h4,6-7,10-13,25H,5,8-9,15,31H2,1-3H3,(H,32,37). The number of nitriles is 1. The highest BCUT2D eigenvalue weighted by atomic mass is 32.2. The number of methoxy groups -OCH3 is 3. The Bertz CT molecular complexity index is 1640. The molecule has 0 saturated heterocycles. The van der Waals surface area contributed by atoms with Crippen molar-refractivity contribution in [3.8, 4) is 23.3 Å². The lowest BCUT2D eigenvalue weighted by Crippen LogP contribution is -2.38. The number of benzene rings is 2. The summed E-state index contributed by atoms with van der Waals surface area (Å²) >= 11 is 2.45. The van der Waals surface area contributed by atoms with E-state index in [1.807, 2.05) is 24.3 Å². The molecule has 3 aromatic rings. The molecule has 1 unspecified atom stereocenters. The number of nitrogens with two attached hydrogens (primary N) is 1. The van der Waals surface area contributed by atoms with E-state index in [1.165, 1.54) is 30.2 Å². The van der Waals surface area contributed by atoms with Crippen molar-refractivity contribution >= 4 is 45.6 Å². The molecule has 1 aliphatic carbocycles. The third kappa shape index (κ3) is 5.63. The van der Waals surface area contributed by atoms with Gasteiger partial charge in [0.2, 0.25) is 11.0 Å². The molecule has 42 heavy (non-hydrogen) atoms. The van der Waals surface area contributed by atoms with E-state index < -0.39 is 5.92 Å². The Labute approximate surface area is 251 Å². The third-order valence-electron chi connectivity index (χ3n) is 6.94. The van der Waals surface area contributed by atoms with Gasteiger partial charge in [0.05, 0.1) is 50.3 Å². The van der Waals surface area contributed by atoms with E-state index in [9.17, 15) is 14.9 Å². The normalized spacial score (nSPS) is 16.6. The second kappa shape index (κ2) is 12.5. The van der Waals surface area contributed by atoms with E-state index in [2.05, 4.69) is 21.6 Å². The van der Waals surface area contributed by atoms with Crippen molar-refractivity contribution in [3.63, 3.8) is 0 Å². The van der Waals surface area contributed by atoms with Crippen LogP contribution in [0.15, 0.2) is 69.5 Å². The van der Waals surface area contributed by atoms with Crippen LogP contribution in [0.3, 0.4) is 0 Å². The second-order valence-corrected chi connectivity index (χ2v) is 11.5. The van der Waals surface area contributed by atoms with Gasteiger partial charge in [0.15, 0.2) is 10.1 Å². The lowest BCUT2D eigenvalue weighted by Gasteiger charge is -2.38. The maximum absolute atomic E-state index is 13.3. The molecular weight excluding hydrogens is 576 g/mol. The van der Waals surface area contributed by atoms with Crippen molar-refractivity contribution in [1.82, 2.24) is 10.2 Å². The number of carbonyl (C=O) groups is 2. The monoisotopic (exact) mass is 604 g/mol. The van der Waals surface area contributed by atoms with Gasteiger partial charge < -0.3 is 25.3 Å². The van der Waals surface area contributed by atoms with Crippen LogP contribution in [0.25, 0.3) is 0 Å². The number of carbonyl (C=O) groups excluding carboxylic acids is 2. The lowest BCUT2D eigenvalue weighted by atomic mass is 9.76. The van der Waals surface area contributed by atoms with Crippen LogP contribution < -0.4 is 30.2 Å². The van der Waals surface area contributed by atoms with Gasteiger partial charge in [0.1, 0.15) is 23.1 Å². The van der Waals surface area contributed by atoms with Crippen LogP contribution in [0.2, 0.25) is 0 Å². The van der Waals surface area contributed by atoms with E-state index in [0.717, 1.165) is 5.56 Å². The predicted molar refractivity (Wildman–Crippen MR) is 160 cm³/mol. The summed E-state index contributed by atoms with van der Waals surface area (Å²) in [5.41, 5.74) is 9.42. The zero-order chi connectivity index (χ0) is 29.8. The third-order valence-corrected chi connectivity index (χ3v) is 8.98. The summed E-state index contributed by atoms with van der Waals surface area (Å²) in [7, 11) is 4.63. The Morgan fingerprint density at radius 3 is 2.67 bits per heavy atom. The van der Waals surface area contributed by atoms with Crippen LogP contribution in [0.4, 0.5) is 10.8 Å². The highest BCUT2D eigenvalue weighted by Gasteiger charge is 2.41. The van der Waals surface area contributed by atoms with Crippen molar-refractivity contribution < 1.29 is 23.8 Å². The molecular formula is C29H28N6O5S2. The molecule has 11 nitrogen and oxygen atoms in total. The minimum atomic E-state index is -0.607. The van der Waals surface area contributed by atoms with Crippen LogP contribution in [0, 0.1) is 11.3 Å². The summed E-state index contributed by atoms with van der Waals surface area (Å²) in [4.78, 5) is 27.7. The van der Waals surface area contributed by atoms with Crippen LogP contribution in [-0.4, -0.2) is 49.0 Å². The highest BCUT2D eigenvalue weighted by molar-refractivity contribution is 8.01. The number of Topliss-reactive ketones (excluding diaryl/α,β-unsaturated/α-hetero) is 1. The van der Waals surface area contributed by atoms with Gasteiger partial charge in [-0.3, -0.25) is 14.5 Å². The summed E-state index contributed by atoms with van der Waals surface area (Å²) in [5.74, 6) is 1.09. The first kappa shape index (κ1) is 29.0. The van der Waals surface area contributed by atoms with Gasteiger partial charge in [0.25, 0.3) is 0 Å². The molecule has 2 heterocycles. The van der Waals surface area contributed by atoms with Gasteiger partial charge >= 0.3 is 0 Å². The molecule has 3 N–H and O–H groups in total. The number of thioether (sulfide) groups is 1. The Hall–Kier alpha value is -4.54. The topological polar surface area (TPSA) is 153 Å². The predicted octanol–water partition coefficient (Wildman–Crippen LogP) is 4.60. The highest BCUT2D eigenvalue weighted by Crippen LogP contribution is 2.47. The van der Waals surface area contributed by atoms with Crippen LogP contribution in [0.5, 0.6) is 17.2 Å². The van der Waals surface area contributed by atoms with Crippen molar-refractivity contribution in [2.75, 3.05) is 37.3 Å². The average Bonchev–Trinajstić information content (AvgIpc) is 3.48. The maximum atomic E-state index is 13.3. The molecule has 0 radical (unpaired) electrons. The van der Waals surface area contributed by atoms with E-state index in [0.29, 0.717) is 62.9 Å². The molecule has 1 aromatic heterocycles. The first-order chi connectivity index (χ1) is 20.4. The number of hydrogen-bond acceptors (Lipinski definition) is 12. The van der Waals surface area contributed by atoms with E-state index in [1.54, 1.807) is 37.3 Å². The maximum Gasteiger partial charge on any atom is 0.234 e. The minimum Gasteiger partial charge on any atom is -0.497 e. The molecule has 1 atom stereocenters. The van der Waals surface area contributed by atoms with Gasteiger partial charge in [0, 0.05) is 23.8 Å². The summed E-state index contributed by atoms with van der Waals surface area (Å²) in [6, 6.07) is 14.7. The molecule has 1 amide bonds. The quantitative estimate of drug-likeness (QED) is 0.330. The van der Waals surface area contributed by atoms with E-state index in [-0.39, 0.29) is 28.8 Å². The van der Waals surface area contributed by atoms with Crippen LogP contribution in [0.1, 0.15) is 30.7 Å². The fraction of sp³-hybridized carbons (Fsp3) is 0.276. The Balaban J connectivity index is 1.39. The fourth-order valence-electron chi connectivity index (χ4n) is 5.03. The number of hydrogen-bond donors (Lipinski definition) is 2. The summed E-state index contributed by atoms with van der Waals surface area (Å²) < 4.78 is 16.5. The summed E-state index contributed by atoms with van der Waals surface area (Å²) in [6.45, 7) is 0. The van der Waals surface area contributed by atoms with Crippen molar-refractivity contribution in [2.45, 2.75) is 29.5 Å². The van der Waals surface area contributed by atoms with E-state index in [4.69, 9.17) is 19.9 Å². The molecule has 13 heteroatoms. The molecule has 0 fully saturated rings. The zero-order valence-corrected chi connectivity index (χ0v) is 24.8. The van der Waals surface area contributed by atoms with E-state index >= 15 is 0 Å². The van der Waals surface area contributed by atoms with Gasteiger partial charge in [-0.25, -0.2) is 0 Å². The summed E-state index contributed by atoms with van der Waals surface area (Å²) in [5, 5.41) is 22.1. The molecule has 0 bridgehead atoms. The first-order valence-corrected chi connectivity index (χ1v) is 14.8. The van der Waals surface area contributed by atoms with Crippen molar-refractivity contribution in [1.29, 1.82) is 5.26 Å². The number of anilines is 2. The number of rotatable bonds is 9. The van der Waals surface area contributed by atoms with Gasteiger partial charge in [-0.1, -0.05) is 35.2 Å². The molecule has 216 valence electrons. The molecule has 2 aromatic carbocycles. The Morgan fingerprint density at radius 2 is 1.93 bits per heavy atom. The first-order valence-electron chi connectivity index (χ1n) is 13.0. The minimum absolute atomic E-state index is 0.0286. The largest absolute Gasteiger partial charge is 0.497 e. The molecule has 1 aliphatic heterocycles. The molecule has 0 spiro atoms. The molecule has 5 rings (SSSR count). The Morgan fingerprint density at radius 1 is 1.14 bits per heavy atom. The number of nitrogens with one attached hydrogen (secondary N) is 1. The SMILES string of the molecule is COc1cccc(C2C(C#N)=C(N)N(c3nnc(SCC(=O)Nc4ccc(OC)cc4OC)s3)C3=C2C(=O)CCC3)c1. The number of ether oxygens (including phenoxy) is 3. The number of ketones is 1. The Kier molecular flexibility index (Phi) is 8.65. The van der Waals surface area contributed by atoms with Crippen molar-refractivity contribution in [3.05, 3.63) is 70.7 Å². The lowest BCUT2D eigenvalue weighted by molar-refractivity contribution is -0.116. The summed E-state index contributed by atoms with van der Waals surface area (Å²) in [6.07, 6.45) is 1.63. The number of amides is 1. The molecule has 2 aliphatic rings. The second-order valence-electron chi connectivity index (χ2n) is 9.35. The van der Waals surface area contributed by atoms with Crippen LogP contribution in [-0.2, 0) is 9.59 Å². The van der Waals surface area contributed by atoms with Crippen molar-refractivity contribution in [2.24, 2.45) is 5.73 Å². The smallest absolute Gasteiger partial charge is 0.234 e.